The van der Waals surface area contributed by atoms with Crippen LogP contribution in [0.25, 0.3) is 17.0 Å². The van der Waals surface area contributed by atoms with Crippen molar-refractivity contribution in [3.05, 3.63) is 76.4 Å². The maximum Gasteiger partial charge on any atom is 0.290 e. The summed E-state index contributed by atoms with van der Waals surface area (Å²) in [6, 6.07) is 15.9. The van der Waals surface area contributed by atoms with Crippen molar-refractivity contribution in [1.82, 2.24) is 5.32 Å². The minimum Gasteiger partial charge on any atom is -0.453 e. The molecule has 3 aromatic rings. The Kier molecular flexibility index (Phi) is 3.74. The molecule has 0 spiro atoms. The zero-order valence-electron chi connectivity index (χ0n) is 12.8. The first-order chi connectivity index (χ1) is 12.1. The molecule has 25 heavy (non-hydrogen) atoms. The Balaban J connectivity index is 1.68. The SMILES string of the molecule is O=C1NC(=O)/C(=C/c2ccc3oc(C(=O)c4ccccc4)cc3c2)S1. The molecule has 2 aromatic carbocycles. The first-order valence-corrected chi connectivity index (χ1v) is 8.30. The summed E-state index contributed by atoms with van der Waals surface area (Å²) in [4.78, 5) is 35.6. The van der Waals surface area contributed by atoms with E-state index in [1.54, 1.807) is 48.5 Å². The minimum absolute atomic E-state index is 0.187. The largest absolute Gasteiger partial charge is 0.453 e. The highest BCUT2D eigenvalue weighted by atomic mass is 32.2. The number of thioether (sulfide) groups is 1. The highest BCUT2D eigenvalue weighted by molar-refractivity contribution is 8.18. The fourth-order valence-electron chi connectivity index (χ4n) is 2.57. The third-order valence-electron chi connectivity index (χ3n) is 3.74. The van der Waals surface area contributed by atoms with Crippen molar-refractivity contribution in [2.75, 3.05) is 0 Å². The predicted molar refractivity (Wildman–Crippen MR) is 95.2 cm³/mol. The molecule has 0 unspecified atom stereocenters. The van der Waals surface area contributed by atoms with Gasteiger partial charge in [-0.05, 0) is 41.6 Å². The smallest absolute Gasteiger partial charge is 0.290 e. The summed E-state index contributed by atoms with van der Waals surface area (Å²) in [6.07, 6.45) is 1.63. The van der Waals surface area contributed by atoms with E-state index in [-0.39, 0.29) is 16.8 Å². The molecule has 1 N–H and O–H groups in total. The molecule has 1 saturated heterocycles. The average Bonchev–Trinajstić information content (AvgIpc) is 3.17. The van der Waals surface area contributed by atoms with Crippen LogP contribution in [-0.4, -0.2) is 16.9 Å². The van der Waals surface area contributed by atoms with Crippen LogP contribution in [-0.2, 0) is 4.79 Å². The minimum atomic E-state index is -0.401. The number of rotatable bonds is 3. The Hall–Kier alpha value is -3.12. The van der Waals surface area contributed by atoms with E-state index < -0.39 is 5.91 Å². The van der Waals surface area contributed by atoms with Gasteiger partial charge in [-0.1, -0.05) is 36.4 Å². The van der Waals surface area contributed by atoms with Crippen molar-refractivity contribution >= 4 is 45.7 Å². The normalized spacial score (nSPS) is 15.8. The molecule has 1 aliphatic rings. The standard InChI is InChI=1S/C19H11NO4S/c21-17(12-4-2-1-3-5-12)15-10-13-8-11(6-7-14(13)24-15)9-16-18(22)20-19(23)25-16/h1-10H,(H,20,22,23)/b16-9-. The van der Waals surface area contributed by atoms with E-state index >= 15 is 0 Å². The number of hydrogen-bond acceptors (Lipinski definition) is 5. The van der Waals surface area contributed by atoms with Gasteiger partial charge in [0.2, 0.25) is 5.78 Å². The van der Waals surface area contributed by atoms with Gasteiger partial charge in [0, 0.05) is 10.9 Å². The number of furan rings is 1. The number of ketones is 1. The monoisotopic (exact) mass is 349 g/mol. The molecule has 1 fully saturated rings. The molecule has 1 aliphatic heterocycles. The van der Waals surface area contributed by atoms with Crippen LogP contribution in [0.4, 0.5) is 4.79 Å². The third kappa shape index (κ3) is 2.99. The van der Waals surface area contributed by atoms with Crippen molar-refractivity contribution in [2.45, 2.75) is 0 Å². The highest BCUT2D eigenvalue weighted by Gasteiger charge is 2.25. The molecule has 0 saturated carbocycles. The lowest BCUT2D eigenvalue weighted by molar-refractivity contribution is -0.115. The maximum absolute atomic E-state index is 12.5. The predicted octanol–water partition coefficient (Wildman–Crippen LogP) is 3.99. The number of hydrogen-bond donors (Lipinski definition) is 1. The molecule has 2 amide bonds. The van der Waals surface area contributed by atoms with Gasteiger partial charge in [0.15, 0.2) is 5.76 Å². The van der Waals surface area contributed by atoms with E-state index in [9.17, 15) is 14.4 Å². The molecule has 0 radical (unpaired) electrons. The molecule has 6 heteroatoms. The number of imide groups is 1. The van der Waals surface area contributed by atoms with Crippen molar-refractivity contribution < 1.29 is 18.8 Å². The summed E-state index contributed by atoms with van der Waals surface area (Å²) in [5.74, 6) is -0.329. The number of benzene rings is 2. The van der Waals surface area contributed by atoms with Gasteiger partial charge in [0.1, 0.15) is 5.58 Å². The van der Waals surface area contributed by atoms with Crippen LogP contribution in [0.5, 0.6) is 0 Å². The quantitative estimate of drug-likeness (QED) is 0.571. The van der Waals surface area contributed by atoms with E-state index in [1.165, 1.54) is 0 Å². The van der Waals surface area contributed by atoms with Crippen molar-refractivity contribution in [3.63, 3.8) is 0 Å². The number of nitrogens with one attached hydrogen (secondary N) is 1. The summed E-state index contributed by atoms with van der Waals surface area (Å²) in [6.45, 7) is 0. The average molecular weight is 349 g/mol. The summed E-state index contributed by atoms with van der Waals surface area (Å²) in [7, 11) is 0. The number of amides is 2. The summed E-state index contributed by atoms with van der Waals surface area (Å²) in [5, 5.41) is 2.59. The van der Waals surface area contributed by atoms with Crippen LogP contribution < -0.4 is 5.32 Å². The van der Waals surface area contributed by atoms with Crippen LogP contribution in [0.3, 0.4) is 0 Å². The third-order valence-corrected chi connectivity index (χ3v) is 4.55. The zero-order valence-corrected chi connectivity index (χ0v) is 13.6. The summed E-state index contributed by atoms with van der Waals surface area (Å²) in [5.41, 5.74) is 1.89. The Bertz CT molecular complexity index is 1050. The highest BCUT2D eigenvalue weighted by Crippen LogP contribution is 2.28. The van der Waals surface area contributed by atoms with Crippen LogP contribution in [0.1, 0.15) is 21.7 Å². The second kappa shape index (κ2) is 6.07. The number of carbonyl (C=O) groups excluding carboxylic acids is 3. The molecular formula is C19H11NO4S. The summed E-state index contributed by atoms with van der Waals surface area (Å²) < 4.78 is 5.64. The fourth-order valence-corrected chi connectivity index (χ4v) is 3.25. The van der Waals surface area contributed by atoms with Crippen LogP contribution in [0.2, 0.25) is 0 Å². The second-order valence-electron chi connectivity index (χ2n) is 5.46. The molecular weight excluding hydrogens is 338 g/mol. The molecule has 122 valence electrons. The molecule has 0 bridgehead atoms. The van der Waals surface area contributed by atoms with Crippen LogP contribution >= 0.6 is 11.8 Å². The van der Waals surface area contributed by atoms with Crippen LogP contribution in [0.15, 0.2) is 63.9 Å². The maximum atomic E-state index is 12.5. The number of fused-ring (bicyclic) bond motifs is 1. The van der Waals surface area contributed by atoms with Gasteiger partial charge in [-0.15, -0.1) is 0 Å². The van der Waals surface area contributed by atoms with E-state index in [1.807, 2.05) is 12.1 Å². The molecule has 5 nitrogen and oxygen atoms in total. The fraction of sp³-hybridized carbons (Fsp3) is 0. The Morgan fingerprint density at radius 2 is 1.84 bits per heavy atom. The first kappa shape index (κ1) is 15.4. The van der Waals surface area contributed by atoms with Gasteiger partial charge < -0.3 is 4.42 Å². The Morgan fingerprint density at radius 1 is 1.04 bits per heavy atom. The lowest BCUT2D eigenvalue weighted by Crippen LogP contribution is -2.17. The van der Waals surface area contributed by atoms with Gasteiger partial charge in [0.25, 0.3) is 11.1 Å². The number of carbonyl (C=O) groups is 3. The molecule has 1 aromatic heterocycles. The Morgan fingerprint density at radius 3 is 2.56 bits per heavy atom. The lowest BCUT2D eigenvalue weighted by Gasteiger charge is -1.95. The van der Waals surface area contributed by atoms with Crippen LogP contribution in [0, 0.1) is 0 Å². The Labute approximate surface area is 146 Å². The van der Waals surface area contributed by atoms with Gasteiger partial charge in [0.05, 0.1) is 4.91 Å². The first-order valence-electron chi connectivity index (χ1n) is 7.48. The molecule has 0 aliphatic carbocycles. The molecule has 0 atom stereocenters. The summed E-state index contributed by atoms with van der Waals surface area (Å²) >= 11 is 0.865. The van der Waals surface area contributed by atoms with Gasteiger partial charge in [-0.3, -0.25) is 19.7 Å². The van der Waals surface area contributed by atoms with Gasteiger partial charge in [-0.2, -0.15) is 0 Å². The van der Waals surface area contributed by atoms with Crippen molar-refractivity contribution in [2.24, 2.45) is 0 Å². The van der Waals surface area contributed by atoms with Gasteiger partial charge in [-0.25, -0.2) is 0 Å². The van der Waals surface area contributed by atoms with Gasteiger partial charge >= 0.3 is 0 Å². The van der Waals surface area contributed by atoms with E-state index in [0.29, 0.717) is 16.1 Å². The lowest BCUT2D eigenvalue weighted by atomic mass is 10.1. The molecule has 4 rings (SSSR count). The second-order valence-corrected chi connectivity index (χ2v) is 6.47. The van der Waals surface area contributed by atoms with E-state index in [2.05, 4.69) is 5.32 Å². The van der Waals surface area contributed by atoms with Crippen molar-refractivity contribution in [3.8, 4) is 0 Å². The van der Waals surface area contributed by atoms with E-state index in [4.69, 9.17) is 4.42 Å². The molecule has 2 heterocycles. The topological polar surface area (TPSA) is 76.4 Å². The van der Waals surface area contributed by atoms with E-state index in [0.717, 1.165) is 22.7 Å². The zero-order chi connectivity index (χ0) is 17.4. The van der Waals surface area contributed by atoms with Crippen molar-refractivity contribution in [1.29, 1.82) is 0 Å².